The third kappa shape index (κ3) is 4.43. The maximum absolute atomic E-state index is 12.3. The van der Waals surface area contributed by atoms with Gasteiger partial charge in [-0.05, 0) is 31.5 Å². The number of para-hydroxylation sites is 1. The first-order valence-corrected chi connectivity index (χ1v) is 7.63. The molecule has 0 aliphatic heterocycles. The van der Waals surface area contributed by atoms with Gasteiger partial charge < -0.3 is 10.6 Å². The summed E-state index contributed by atoms with van der Waals surface area (Å²) < 4.78 is 0. The van der Waals surface area contributed by atoms with Crippen molar-refractivity contribution in [3.05, 3.63) is 46.7 Å². The molecule has 0 aliphatic rings. The van der Waals surface area contributed by atoms with Crippen LogP contribution in [0.1, 0.15) is 35.9 Å². The van der Waals surface area contributed by atoms with E-state index in [1.54, 1.807) is 18.2 Å². The van der Waals surface area contributed by atoms with Crippen molar-refractivity contribution in [2.45, 2.75) is 26.7 Å². The van der Waals surface area contributed by atoms with Crippen LogP contribution in [0.15, 0.2) is 30.3 Å². The number of anilines is 2. The molecular weight excluding hydrogens is 300 g/mol. The number of nitrogens with one attached hydrogen (secondary N) is 2. The van der Waals surface area contributed by atoms with Gasteiger partial charge in [0.2, 0.25) is 5.95 Å². The Hall–Kier alpha value is -2.14. The van der Waals surface area contributed by atoms with Gasteiger partial charge in [0.25, 0.3) is 5.91 Å². The van der Waals surface area contributed by atoms with Crippen molar-refractivity contribution in [3.8, 4) is 0 Å². The van der Waals surface area contributed by atoms with Crippen molar-refractivity contribution in [1.82, 2.24) is 9.97 Å². The molecule has 22 heavy (non-hydrogen) atoms. The van der Waals surface area contributed by atoms with Crippen LogP contribution in [0.4, 0.5) is 11.6 Å². The summed E-state index contributed by atoms with van der Waals surface area (Å²) in [4.78, 5) is 20.9. The monoisotopic (exact) mass is 318 g/mol. The molecule has 0 fully saturated rings. The van der Waals surface area contributed by atoms with E-state index >= 15 is 0 Å². The molecule has 1 amide bonds. The molecule has 1 heterocycles. The van der Waals surface area contributed by atoms with E-state index in [0.29, 0.717) is 22.4 Å². The molecule has 2 N–H and O–H groups in total. The van der Waals surface area contributed by atoms with E-state index < -0.39 is 0 Å². The SMILES string of the molecule is CCCCNc1nc(C)cc(C(=O)Nc2ccccc2Cl)n1. The lowest BCUT2D eigenvalue weighted by Crippen LogP contribution is -2.16. The molecule has 2 aromatic rings. The average molecular weight is 319 g/mol. The standard InChI is InChI=1S/C16H19ClN4O/c1-3-4-9-18-16-19-11(2)10-14(21-16)15(22)20-13-8-6-5-7-12(13)17/h5-8,10H,3-4,9H2,1-2H3,(H,20,22)(H,18,19,21). The predicted molar refractivity (Wildman–Crippen MR) is 89.6 cm³/mol. The third-order valence-corrected chi connectivity index (χ3v) is 3.35. The average Bonchev–Trinajstić information content (AvgIpc) is 2.49. The highest BCUT2D eigenvalue weighted by Gasteiger charge is 2.12. The Labute approximate surface area is 135 Å². The zero-order valence-corrected chi connectivity index (χ0v) is 13.4. The van der Waals surface area contributed by atoms with Gasteiger partial charge in [0.1, 0.15) is 5.69 Å². The van der Waals surface area contributed by atoms with Crippen molar-refractivity contribution < 1.29 is 4.79 Å². The molecule has 2 rings (SSSR count). The number of rotatable bonds is 6. The van der Waals surface area contributed by atoms with Crippen LogP contribution < -0.4 is 10.6 Å². The quantitative estimate of drug-likeness (QED) is 0.793. The Morgan fingerprint density at radius 2 is 2.05 bits per heavy atom. The number of carbonyl (C=O) groups is 1. The lowest BCUT2D eigenvalue weighted by atomic mass is 10.3. The van der Waals surface area contributed by atoms with Crippen molar-refractivity contribution in [1.29, 1.82) is 0 Å². The van der Waals surface area contributed by atoms with Crippen molar-refractivity contribution >= 4 is 29.1 Å². The van der Waals surface area contributed by atoms with Crippen LogP contribution in [0, 0.1) is 6.92 Å². The van der Waals surface area contributed by atoms with E-state index in [0.717, 1.165) is 25.1 Å². The number of hydrogen-bond donors (Lipinski definition) is 2. The van der Waals surface area contributed by atoms with Crippen LogP contribution >= 0.6 is 11.6 Å². The van der Waals surface area contributed by atoms with Gasteiger partial charge in [-0.1, -0.05) is 37.1 Å². The predicted octanol–water partition coefficient (Wildman–Crippen LogP) is 3.90. The summed E-state index contributed by atoms with van der Waals surface area (Å²) in [5.74, 6) is 0.162. The first-order valence-electron chi connectivity index (χ1n) is 7.25. The maximum atomic E-state index is 12.3. The summed E-state index contributed by atoms with van der Waals surface area (Å²) in [5.41, 5.74) is 1.61. The molecule has 0 radical (unpaired) electrons. The number of unbranched alkanes of at least 4 members (excludes halogenated alkanes) is 1. The maximum Gasteiger partial charge on any atom is 0.274 e. The summed E-state index contributed by atoms with van der Waals surface area (Å²) >= 11 is 6.04. The summed E-state index contributed by atoms with van der Waals surface area (Å²) in [6.45, 7) is 4.73. The molecule has 0 saturated heterocycles. The number of hydrogen-bond acceptors (Lipinski definition) is 4. The number of halogens is 1. The molecule has 0 aliphatic carbocycles. The van der Waals surface area contributed by atoms with Gasteiger partial charge in [0.05, 0.1) is 10.7 Å². The molecular formula is C16H19ClN4O. The number of aryl methyl sites for hydroxylation is 1. The Kier molecular flexibility index (Phi) is 5.72. The van der Waals surface area contributed by atoms with Crippen molar-refractivity contribution in [2.24, 2.45) is 0 Å². The highest BCUT2D eigenvalue weighted by molar-refractivity contribution is 6.33. The lowest BCUT2D eigenvalue weighted by molar-refractivity contribution is 0.102. The highest BCUT2D eigenvalue weighted by Crippen LogP contribution is 2.21. The molecule has 0 atom stereocenters. The second kappa shape index (κ2) is 7.75. The fourth-order valence-corrected chi connectivity index (χ4v) is 2.07. The highest BCUT2D eigenvalue weighted by atomic mass is 35.5. The minimum Gasteiger partial charge on any atom is -0.354 e. The van der Waals surface area contributed by atoms with E-state index in [9.17, 15) is 4.79 Å². The summed E-state index contributed by atoms with van der Waals surface area (Å²) in [7, 11) is 0. The summed E-state index contributed by atoms with van der Waals surface area (Å²) in [6, 6.07) is 8.74. The normalized spacial score (nSPS) is 10.3. The number of aromatic nitrogens is 2. The van der Waals surface area contributed by atoms with E-state index in [4.69, 9.17) is 11.6 Å². The van der Waals surface area contributed by atoms with Gasteiger partial charge in [0.15, 0.2) is 0 Å². The van der Waals surface area contributed by atoms with Crippen LogP contribution in [0.2, 0.25) is 5.02 Å². The van der Waals surface area contributed by atoms with E-state index in [2.05, 4.69) is 27.5 Å². The van der Waals surface area contributed by atoms with Gasteiger partial charge >= 0.3 is 0 Å². The molecule has 5 nitrogen and oxygen atoms in total. The van der Waals surface area contributed by atoms with E-state index in [-0.39, 0.29) is 5.91 Å². The lowest BCUT2D eigenvalue weighted by Gasteiger charge is -2.09. The minimum atomic E-state index is -0.308. The first-order chi connectivity index (χ1) is 10.6. The molecule has 0 unspecified atom stereocenters. The zero-order chi connectivity index (χ0) is 15.9. The van der Waals surface area contributed by atoms with Gasteiger partial charge in [-0.15, -0.1) is 0 Å². The Morgan fingerprint density at radius 1 is 1.27 bits per heavy atom. The van der Waals surface area contributed by atoms with Gasteiger partial charge in [-0.2, -0.15) is 0 Å². The summed E-state index contributed by atoms with van der Waals surface area (Å²) in [6.07, 6.45) is 2.11. The van der Waals surface area contributed by atoms with Gasteiger partial charge in [0, 0.05) is 12.2 Å². The molecule has 0 saturated carbocycles. The topological polar surface area (TPSA) is 66.9 Å². The molecule has 1 aromatic heterocycles. The fraction of sp³-hybridized carbons (Fsp3) is 0.312. The van der Waals surface area contributed by atoms with Crippen molar-refractivity contribution in [2.75, 3.05) is 17.2 Å². The second-order valence-corrected chi connectivity index (χ2v) is 5.34. The van der Waals surface area contributed by atoms with Gasteiger partial charge in [-0.3, -0.25) is 4.79 Å². The zero-order valence-electron chi connectivity index (χ0n) is 12.7. The first kappa shape index (κ1) is 16.2. The number of carbonyl (C=O) groups excluding carboxylic acids is 1. The van der Waals surface area contributed by atoms with E-state index in [1.807, 2.05) is 19.1 Å². The largest absolute Gasteiger partial charge is 0.354 e. The third-order valence-electron chi connectivity index (χ3n) is 3.02. The smallest absolute Gasteiger partial charge is 0.274 e. The van der Waals surface area contributed by atoms with Crippen molar-refractivity contribution in [3.63, 3.8) is 0 Å². The van der Waals surface area contributed by atoms with Crippen LogP contribution in [0.5, 0.6) is 0 Å². The fourth-order valence-electron chi connectivity index (χ4n) is 1.89. The second-order valence-electron chi connectivity index (χ2n) is 4.93. The van der Waals surface area contributed by atoms with Gasteiger partial charge in [-0.25, -0.2) is 9.97 Å². The molecule has 0 spiro atoms. The van der Waals surface area contributed by atoms with Crippen LogP contribution in [-0.2, 0) is 0 Å². The number of benzene rings is 1. The van der Waals surface area contributed by atoms with Crippen LogP contribution in [0.25, 0.3) is 0 Å². The molecule has 1 aromatic carbocycles. The number of amides is 1. The Morgan fingerprint density at radius 3 is 2.77 bits per heavy atom. The van der Waals surface area contributed by atoms with Crippen LogP contribution in [-0.4, -0.2) is 22.4 Å². The molecule has 6 heteroatoms. The number of nitrogens with zero attached hydrogens (tertiary/aromatic N) is 2. The summed E-state index contributed by atoms with van der Waals surface area (Å²) in [5, 5.41) is 6.38. The molecule has 116 valence electrons. The molecule has 0 bridgehead atoms. The Bertz CT molecular complexity index is 660. The van der Waals surface area contributed by atoms with E-state index in [1.165, 1.54) is 0 Å². The Balaban J connectivity index is 2.13. The minimum absolute atomic E-state index is 0.308. The van der Waals surface area contributed by atoms with Crippen LogP contribution in [0.3, 0.4) is 0 Å².